The second-order valence-electron chi connectivity index (χ2n) is 9.62. The fraction of sp³-hybridized carbons (Fsp3) is 0.560. The minimum Gasteiger partial charge on any atom is -0.357 e. The number of anilines is 1. The summed E-state index contributed by atoms with van der Waals surface area (Å²) in [5, 5.41) is 3.15. The summed E-state index contributed by atoms with van der Waals surface area (Å²) < 4.78 is 15.7. The van der Waals surface area contributed by atoms with Gasteiger partial charge >= 0.3 is 5.69 Å². The molecule has 0 radical (unpaired) electrons. The van der Waals surface area contributed by atoms with Gasteiger partial charge < -0.3 is 10.2 Å². The Hall–Kier alpha value is -2.94. The zero-order valence-electron chi connectivity index (χ0n) is 20.0. The standard InChI is InChI=1S/C25H34FN5O3/c1-28-22(14-23(32)29(2)25(28)34)31-11-3-4-20(17-31)24(33)27-15-18-9-12-30(13-10-18)16-19-5-7-21(26)8-6-19/h5-8,14,18,20H,3-4,9-13,15-17H2,1-2H3,(H,27,33). The Morgan fingerprint density at radius 3 is 2.44 bits per heavy atom. The van der Waals surface area contributed by atoms with E-state index in [2.05, 4.69) is 10.2 Å². The molecule has 1 aromatic carbocycles. The van der Waals surface area contributed by atoms with Crippen LogP contribution in [-0.4, -0.2) is 52.7 Å². The van der Waals surface area contributed by atoms with E-state index in [9.17, 15) is 18.8 Å². The summed E-state index contributed by atoms with van der Waals surface area (Å²) in [5.74, 6) is 0.695. The lowest BCUT2D eigenvalue weighted by Gasteiger charge is -2.35. The van der Waals surface area contributed by atoms with Crippen molar-refractivity contribution in [2.45, 2.75) is 32.2 Å². The molecule has 1 atom stereocenters. The van der Waals surface area contributed by atoms with Crippen LogP contribution < -0.4 is 21.5 Å². The number of carbonyl (C=O) groups is 1. The first kappa shape index (κ1) is 24.2. The van der Waals surface area contributed by atoms with Gasteiger partial charge in [0.25, 0.3) is 5.56 Å². The molecule has 2 aromatic rings. The Morgan fingerprint density at radius 1 is 1.03 bits per heavy atom. The summed E-state index contributed by atoms with van der Waals surface area (Å²) in [4.78, 5) is 41.7. The Balaban J connectivity index is 1.26. The van der Waals surface area contributed by atoms with Crippen LogP contribution in [0.3, 0.4) is 0 Å². The number of likely N-dealkylation sites (tertiary alicyclic amines) is 1. The Labute approximate surface area is 199 Å². The Morgan fingerprint density at radius 2 is 1.74 bits per heavy atom. The summed E-state index contributed by atoms with van der Waals surface area (Å²) in [6.07, 6.45) is 3.68. The molecule has 0 saturated carbocycles. The van der Waals surface area contributed by atoms with Gasteiger partial charge in [-0.3, -0.25) is 23.6 Å². The summed E-state index contributed by atoms with van der Waals surface area (Å²) in [6.45, 7) is 4.64. The third kappa shape index (κ3) is 5.58. The molecule has 1 aromatic heterocycles. The molecule has 8 nitrogen and oxygen atoms in total. The van der Waals surface area contributed by atoms with E-state index in [-0.39, 0.29) is 28.9 Å². The van der Waals surface area contributed by atoms with Crippen LogP contribution in [-0.2, 0) is 25.4 Å². The molecular formula is C25H34FN5O3. The van der Waals surface area contributed by atoms with Gasteiger partial charge in [-0.15, -0.1) is 0 Å². The van der Waals surface area contributed by atoms with Crippen LogP contribution in [0.1, 0.15) is 31.2 Å². The maximum Gasteiger partial charge on any atom is 0.332 e. The van der Waals surface area contributed by atoms with Crippen molar-refractivity contribution in [3.8, 4) is 0 Å². The van der Waals surface area contributed by atoms with Gasteiger partial charge in [-0.1, -0.05) is 12.1 Å². The molecule has 2 fully saturated rings. The van der Waals surface area contributed by atoms with Gasteiger partial charge in [0, 0.05) is 46.3 Å². The number of nitrogens with zero attached hydrogens (tertiary/aromatic N) is 4. The molecule has 1 N–H and O–H groups in total. The van der Waals surface area contributed by atoms with Crippen LogP contribution in [0.25, 0.3) is 0 Å². The number of carbonyl (C=O) groups excluding carboxylic acids is 1. The summed E-state index contributed by atoms with van der Waals surface area (Å²) in [7, 11) is 3.12. The molecule has 9 heteroatoms. The largest absolute Gasteiger partial charge is 0.357 e. The zero-order chi connectivity index (χ0) is 24.2. The van der Waals surface area contributed by atoms with Crippen molar-refractivity contribution in [2.75, 3.05) is 37.6 Å². The maximum atomic E-state index is 13.1. The normalized spacial score (nSPS) is 19.9. The lowest BCUT2D eigenvalue weighted by atomic mass is 9.94. The number of benzene rings is 1. The molecule has 0 aliphatic carbocycles. The van der Waals surface area contributed by atoms with Crippen molar-refractivity contribution < 1.29 is 9.18 Å². The Kier molecular flexibility index (Phi) is 7.50. The lowest BCUT2D eigenvalue weighted by molar-refractivity contribution is -0.125. The van der Waals surface area contributed by atoms with Crippen LogP contribution in [0.4, 0.5) is 10.2 Å². The monoisotopic (exact) mass is 471 g/mol. The van der Waals surface area contributed by atoms with Gasteiger partial charge in [0.2, 0.25) is 5.91 Å². The van der Waals surface area contributed by atoms with Gasteiger partial charge in [0.05, 0.1) is 5.92 Å². The SMILES string of the molecule is Cn1c(N2CCCC(C(=O)NCC3CCN(Cc4ccc(F)cc4)CC3)C2)cc(=O)n(C)c1=O. The quantitative estimate of drug-likeness (QED) is 0.690. The number of nitrogens with one attached hydrogen (secondary N) is 1. The number of aromatic nitrogens is 2. The highest BCUT2D eigenvalue weighted by Crippen LogP contribution is 2.23. The van der Waals surface area contributed by atoms with Crippen molar-refractivity contribution in [3.63, 3.8) is 0 Å². The summed E-state index contributed by atoms with van der Waals surface area (Å²) in [5.41, 5.74) is 0.416. The van der Waals surface area contributed by atoms with Gasteiger partial charge in [0.15, 0.2) is 0 Å². The van der Waals surface area contributed by atoms with E-state index in [1.807, 2.05) is 17.0 Å². The zero-order valence-corrected chi connectivity index (χ0v) is 20.0. The van der Waals surface area contributed by atoms with E-state index in [4.69, 9.17) is 0 Å². The van der Waals surface area contributed by atoms with E-state index in [0.717, 1.165) is 62.0 Å². The summed E-state index contributed by atoms with van der Waals surface area (Å²) >= 11 is 0. The topological polar surface area (TPSA) is 79.6 Å². The lowest BCUT2D eigenvalue weighted by Crippen LogP contribution is -2.47. The molecule has 2 aliphatic rings. The number of hydrogen-bond acceptors (Lipinski definition) is 5. The van der Waals surface area contributed by atoms with Crippen molar-refractivity contribution in [2.24, 2.45) is 25.9 Å². The number of amides is 1. The molecule has 0 bridgehead atoms. The highest BCUT2D eigenvalue weighted by molar-refractivity contribution is 5.79. The fourth-order valence-corrected chi connectivity index (χ4v) is 5.01. The van der Waals surface area contributed by atoms with Crippen LogP contribution >= 0.6 is 0 Å². The van der Waals surface area contributed by atoms with Crippen molar-refractivity contribution in [3.05, 3.63) is 62.6 Å². The van der Waals surface area contributed by atoms with Crippen molar-refractivity contribution >= 4 is 11.7 Å². The van der Waals surface area contributed by atoms with E-state index in [1.54, 1.807) is 7.05 Å². The molecule has 3 heterocycles. The highest BCUT2D eigenvalue weighted by Gasteiger charge is 2.28. The molecule has 184 valence electrons. The summed E-state index contributed by atoms with van der Waals surface area (Å²) in [6, 6.07) is 8.14. The fourth-order valence-electron chi connectivity index (χ4n) is 5.01. The van der Waals surface area contributed by atoms with Crippen LogP contribution in [0.5, 0.6) is 0 Å². The minimum atomic E-state index is -0.361. The average Bonchev–Trinajstić information content (AvgIpc) is 2.85. The number of rotatable bonds is 6. The van der Waals surface area contributed by atoms with E-state index in [1.165, 1.54) is 29.8 Å². The number of piperidine rings is 2. The van der Waals surface area contributed by atoms with Crippen molar-refractivity contribution in [1.82, 2.24) is 19.4 Å². The maximum absolute atomic E-state index is 13.1. The van der Waals surface area contributed by atoms with Gasteiger partial charge in [-0.25, -0.2) is 9.18 Å². The smallest absolute Gasteiger partial charge is 0.332 e. The molecule has 1 unspecified atom stereocenters. The molecular weight excluding hydrogens is 437 g/mol. The predicted molar refractivity (Wildman–Crippen MR) is 129 cm³/mol. The van der Waals surface area contributed by atoms with E-state index < -0.39 is 0 Å². The molecule has 2 aliphatic heterocycles. The average molecular weight is 472 g/mol. The van der Waals surface area contributed by atoms with Crippen LogP contribution in [0.2, 0.25) is 0 Å². The van der Waals surface area contributed by atoms with E-state index >= 15 is 0 Å². The molecule has 1 amide bonds. The second kappa shape index (κ2) is 10.5. The minimum absolute atomic E-state index is 0.0484. The molecule has 0 spiro atoms. The predicted octanol–water partition coefficient (Wildman–Crippen LogP) is 1.47. The second-order valence-corrected chi connectivity index (χ2v) is 9.62. The van der Waals surface area contributed by atoms with Gasteiger partial charge in [-0.2, -0.15) is 0 Å². The highest BCUT2D eigenvalue weighted by atomic mass is 19.1. The molecule has 34 heavy (non-hydrogen) atoms. The first-order valence-electron chi connectivity index (χ1n) is 12.1. The Bertz CT molecular complexity index is 1120. The van der Waals surface area contributed by atoms with Crippen LogP contribution in [0, 0.1) is 17.7 Å². The van der Waals surface area contributed by atoms with Crippen molar-refractivity contribution in [1.29, 1.82) is 0 Å². The van der Waals surface area contributed by atoms with E-state index in [0.29, 0.717) is 24.8 Å². The van der Waals surface area contributed by atoms with Crippen LogP contribution in [0.15, 0.2) is 39.9 Å². The van der Waals surface area contributed by atoms with Gasteiger partial charge in [-0.05, 0) is 62.4 Å². The molecule has 4 rings (SSSR count). The van der Waals surface area contributed by atoms with Gasteiger partial charge in [0.1, 0.15) is 11.6 Å². The first-order valence-corrected chi connectivity index (χ1v) is 12.1. The number of hydrogen-bond donors (Lipinski definition) is 1. The third-order valence-corrected chi connectivity index (χ3v) is 7.21. The number of halogens is 1. The first-order chi connectivity index (χ1) is 16.3. The third-order valence-electron chi connectivity index (χ3n) is 7.21. The molecule has 2 saturated heterocycles.